The number of benzene rings is 1. The molecule has 2 fully saturated rings. The highest BCUT2D eigenvalue weighted by molar-refractivity contribution is 6.04. The summed E-state index contributed by atoms with van der Waals surface area (Å²) in [5.41, 5.74) is 0.525. The van der Waals surface area contributed by atoms with Gasteiger partial charge in [0.2, 0.25) is 5.88 Å². The standard InChI is InChI=1S/C27H27F3N6O4/c1-26(2)39-15-20(40-26)14-38-22-7-6-18(11-31-22)33-25(37)36-19-8-9-35(13-19)21-12-32-23(34-24(21)36)16-4-3-5-17(10-16)27(28,29)30/h3-7,10-12,19-20H,8-9,13-15H2,1-2H3,(H,33,37)/t19-,20?/m0/s1. The van der Waals surface area contributed by atoms with Gasteiger partial charge in [0, 0.05) is 24.7 Å². The third kappa shape index (κ3) is 5.26. The lowest BCUT2D eigenvalue weighted by molar-refractivity contribution is -0.141. The van der Waals surface area contributed by atoms with Gasteiger partial charge in [-0.1, -0.05) is 12.1 Å². The van der Waals surface area contributed by atoms with E-state index < -0.39 is 23.6 Å². The molecule has 3 aliphatic rings. The maximum absolute atomic E-state index is 13.5. The second-order valence-corrected chi connectivity index (χ2v) is 10.3. The van der Waals surface area contributed by atoms with Crippen LogP contribution in [0.25, 0.3) is 11.4 Å². The molecule has 2 saturated heterocycles. The van der Waals surface area contributed by atoms with Crippen molar-refractivity contribution in [1.82, 2.24) is 15.0 Å². The topological polar surface area (TPSA) is 102 Å². The van der Waals surface area contributed by atoms with Gasteiger partial charge in [-0.05, 0) is 38.5 Å². The van der Waals surface area contributed by atoms with Gasteiger partial charge in [-0.25, -0.2) is 19.7 Å². The Hall–Kier alpha value is -3.97. The molecule has 2 atom stereocenters. The van der Waals surface area contributed by atoms with E-state index in [-0.39, 0.29) is 30.1 Å². The quantitative estimate of drug-likeness (QED) is 0.482. The number of alkyl halides is 3. The second-order valence-electron chi connectivity index (χ2n) is 10.3. The van der Waals surface area contributed by atoms with E-state index in [1.54, 1.807) is 23.2 Å². The number of nitrogens with zero attached hydrogens (tertiary/aromatic N) is 5. The number of fused-ring (bicyclic) bond motifs is 4. The molecule has 1 N–H and O–H groups in total. The maximum Gasteiger partial charge on any atom is 0.416 e. The number of hydrogen-bond acceptors (Lipinski definition) is 8. The summed E-state index contributed by atoms with van der Waals surface area (Å²) in [5.74, 6) is 0.189. The second kappa shape index (κ2) is 9.89. The number of hydrogen-bond donors (Lipinski definition) is 1. The van der Waals surface area contributed by atoms with E-state index in [4.69, 9.17) is 14.2 Å². The van der Waals surface area contributed by atoms with Gasteiger partial charge in [0.25, 0.3) is 0 Å². The van der Waals surface area contributed by atoms with E-state index in [1.807, 2.05) is 13.8 Å². The van der Waals surface area contributed by atoms with Crippen molar-refractivity contribution < 1.29 is 32.2 Å². The SMILES string of the molecule is CC1(C)OCC(COc2ccc(NC(=O)N3c4nc(-c5cccc(C(F)(F)F)c5)ncc4N4CC[C@H]3C4)cn2)O1. The molecule has 2 bridgehead atoms. The zero-order chi connectivity index (χ0) is 28.1. The zero-order valence-electron chi connectivity index (χ0n) is 21.8. The van der Waals surface area contributed by atoms with Crippen LogP contribution in [-0.4, -0.2) is 65.2 Å². The number of halogens is 3. The number of carbonyl (C=O) groups excluding carboxylic acids is 1. The number of amides is 2. The minimum Gasteiger partial charge on any atom is -0.475 e. The van der Waals surface area contributed by atoms with E-state index in [1.165, 1.54) is 18.3 Å². The number of carbonyl (C=O) groups is 1. The molecule has 1 unspecified atom stereocenters. The van der Waals surface area contributed by atoms with Crippen molar-refractivity contribution in [2.24, 2.45) is 0 Å². The predicted octanol–water partition coefficient (Wildman–Crippen LogP) is 4.72. The molecule has 3 aromatic rings. The fourth-order valence-corrected chi connectivity index (χ4v) is 5.09. The molecule has 5 heterocycles. The Kier molecular flexibility index (Phi) is 6.50. The molecular weight excluding hydrogens is 529 g/mol. The number of pyridine rings is 1. The van der Waals surface area contributed by atoms with Gasteiger partial charge in [-0.15, -0.1) is 0 Å². The summed E-state index contributed by atoms with van der Waals surface area (Å²) in [6.07, 6.45) is -0.927. The van der Waals surface area contributed by atoms with Gasteiger partial charge in [0.1, 0.15) is 12.7 Å². The molecule has 3 aliphatic heterocycles. The smallest absolute Gasteiger partial charge is 0.416 e. The van der Waals surface area contributed by atoms with Crippen molar-refractivity contribution in [3.05, 3.63) is 54.4 Å². The first-order chi connectivity index (χ1) is 19.1. The Labute approximate surface area is 228 Å². The van der Waals surface area contributed by atoms with Crippen LogP contribution in [0.1, 0.15) is 25.8 Å². The van der Waals surface area contributed by atoms with Crippen LogP contribution in [0, 0.1) is 0 Å². The zero-order valence-corrected chi connectivity index (χ0v) is 21.8. The first-order valence-corrected chi connectivity index (χ1v) is 12.9. The first-order valence-electron chi connectivity index (χ1n) is 12.9. The molecule has 1 aromatic carbocycles. The molecule has 13 heteroatoms. The van der Waals surface area contributed by atoms with Crippen LogP contribution in [0.4, 0.5) is 35.2 Å². The van der Waals surface area contributed by atoms with Crippen LogP contribution in [-0.2, 0) is 15.7 Å². The van der Waals surface area contributed by atoms with Crippen molar-refractivity contribution in [2.45, 2.75) is 44.4 Å². The average Bonchev–Trinajstić information content (AvgIpc) is 3.50. The highest BCUT2D eigenvalue weighted by Gasteiger charge is 2.41. The fraction of sp³-hybridized carbons (Fsp3) is 0.407. The van der Waals surface area contributed by atoms with Crippen molar-refractivity contribution in [1.29, 1.82) is 0 Å². The number of aromatic nitrogens is 3. The van der Waals surface area contributed by atoms with Gasteiger partial charge in [0.15, 0.2) is 17.4 Å². The number of anilines is 3. The van der Waals surface area contributed by atoms with Crippen molar-refractivity contribution in [2.75, 3.05) is 41.4 Å². The highest BCUT2D eigenvalue weighted by Crippen LogP contribution is 2.40. The van der Waals surface area contributed by atoms with Gasteiger partial charge in [-0.3, -0.25) is 4.90 Å². The van der Waals surface area contributed by atoms with Gasteiger partial charge >= 0.3 is 12.2 Å². The van der Waals surface area contributed by atoms with E-state index >= 15 is 0 Å². The van der Waals surface area contributed by atoms with E-state index in [0.29, 0.717) is 42.8 Å². The van der Waals surface area contributed by atoms with Crippen molar-refractivity contribution in [3.8, 4) is 17.3 Å². The Balaban J connectivity index is 1.19. The van der Waals surface area contributed by atoms with Crippen LogP contribution in [0.2, 0.25) is 0 Å². The molecule has 210 valence electrons. The summed E-state index contributed by atoms with van der Waals surface area (Å²) >= 11 is 0. The molecule has 40 heavy (non-hydrogen) atoms. The lowest BCUT2D eigenvalue weighted by atomic mass is 10.1. The van der Waals surface area contributed by atoms with E-state index in [2.05, 4.69) is 25.2 Å². The highest BCUT2D eigenvalue weighted by atomic mass is 19.4. The van der Waals surface area contributed by atoms with Crippen LogP contribution >= 0.6 is 0 Å². The molecule has 0 saturated carbocycles. The summed E-state index contributed by atoms with van der Waals surface area (Å²) < 4.78 is 56.8. The van der Waals surface area contributed by atoms with Crippen molar-refractivity contribution >= 4 is 23.2 Å². The summed E-state index contributed by atoms with van der Waals surface area (Å²) in [6, 6.07) is 7.58. The van der Waals surface area contributed by atoms with E-state index in [0.717, 1.165) is 18.6 Å². The Morgan fingerprint density at radius 2 is 2.05 bits per heavy atom. The lowest BCUT2D eigenvalue weighted by Gasteiger charge is -2.35. The Morgan fingerprint density at radius 3 is 2.77 bits per heavy atom. The molecule has 0 aliphatic carbocycles. The summed E-state index contributed by atoms with van der Waals surface area (Å²) in [6.45, 7) is 5.71. The van der Waals surface area contributed by atoms with Crippen LogP contribution in [0.15, 0.2) is 48.8 Å². The van der Waals surface area contributed by atoms with Crippen LogP contribution in [0.3, 0.4) is 0 Å². The summed E-state index contributed by atoms with van der Waals surface area (Å²) in [4.78, 5) is 30.3. The van der Waals surface area contributed by atoms with Gasteiger partial charge in [0.05, 0.1) is 42.0 Å². The third-order valence-corrected chi connectivity index (χ3v) is 6.99. The molecule has 0 radical (unpaired) electrons. The number of rotatable bonds is 5. The third-order valence-electron chi connectivity index (χ3n) is 6.99. The Morgan fingerprint density at radius 1 is 1.20 bits per heavy atom. The molecule has 0 spiro atoms. The molecule has 6 rings (SSSR count). The van der Waals surface area contributed by atoms with Crippen LogP contribution in [0.5, 0.6) is 5.88 Å². The van der Waals surface area contributed by atoms with Crippen molar-refractivity contribution in [3.63, 3.8) is 0 Å². The number of nitrogens with one attached hydrogen (secondary N) is 1. The number of urea groups is 1. The molecular formula is C27H27F3N6O4. The Bertz CT molecular complexity index is 1420. The largest absolute Gasteiger partial charge is 0.475 e. The summed E-state index contributed by atoms with van der Waals surface area (Å²) in [7, 11) is 0. The maximum atomic E-state index is 13.5. The first kappa shape index (κ1) is 26.3. The van der Waals surface area contributed by atoms with Crippen LogP contribution < -0.4 is 19.9 Å². The monoisotopic (exact) mass is 556 g/mol. The molecule has 2 amide bonds. The lowest BCUT2D eigenvalue weighted by Crippen LogP contribution is -2.48. The molecule has 10 nitrogen and oxygen atoms in total. The normalized spacial score (nSPS) is 21.3. The van der Waals surface area contributed by atoms with Gasteiger partial charge in [-0.2, -0.15) is 13.2 Å². The van der Waals surface area contributed by atoms with Gasteiger partial charge < -0.3 is 24.4 Å². The fourth-order valence-electron chi connectivity index (χ4n) is 5.09. The number of ether oxygens (including phenoxy) is 3. The average molecular weight is 557 g/mol. The minimum absolute atomic E-state index is 0.105. The van der Waals surface area contributed by atoms with E-state index in [9.17, 15) is 18.0 Å². The predicted molar refractivity (Wildman–Crippen MR) is 139 cm³/mol. The summed E-state index contributed by atoms with van der Waals surface area (Å²) in [5, 5.41) is 2.86. The molecule has 2 aromatic heterocycles. The minimum atomic E-state index is -4.49.